The molecule has 0 saturated carbocycles. The number of fused-ring (bicyclic) bond motifs is 1. The molecule has 136 valence electrons. The van der Waals surface area contributed by atoms with Gasteiger partial charge in [-0.15, -0.1) is 0 Å². The number of nitrogens with zero attached hydrogens (tertiary/aromatic N) is 3. The van der Waals surface area contributed by atoms with E-state index in [4.69, 9.17) is 4.74 Å². The Balaban J connectivity index is 1.70. The fraction of sp³-hybridized carbons (Fsp3) is 0.381. The fourth-order valence-electron chi connectivity index (χ4n) is 3.65. The SMILES string of the molecule is CC(C)n1ccc(-n2ccc3c(CN4CCOCC4)cccc32)cc1=O. The summed E-state index contributed by atoms with van der Waals surface area (Å²) in [7, 11) is 0. The van der Waals surface area contributed by atoms with Crippen LogP contribution in [0.1, 0.15) is 25.5 Å². The highest BCUT2D eigenvalue weighted by atomic mass is 16.5. The Bertz CT molecular complexity index is 965. The molecule has 0 radical (unpaired) electrons. The molecule has 3 aromatic rings. The number of morpholine rings is 1. The number of ether oxygens (including phenoxy) is 1. The quantitative estimate of drug-likeness (QED) is 0.725. The minimum absolute atomic E-state index is 0.0313. The van der Waals surface area contributed by atoms with Gasteiger partial charge in [-0.2, -0.15) is 0 Å². The predicted octanol–water partition coefficient (Wildman–Crippen LogP) is 3.21. The number of rotatable bonds is 4. The molecule has 5 nitrogen and oxygen atoms in total. The second kappa shape index (κ2) is 7.09. The molecule has 5 heteroatoms. The standard InChI is InChI=1S/C21H25N3O2/c1-16(2)23-8-6-18(14-21(23)25)24-9-7-19-17(4-3-5-20(19)24)15-22-10-12-26-13-11-22/h3-9,14,16H,10-13,15H2,1-2H3. The Labute approximate surface area is 153 Å². The first-order valence-corrected chi connectivity index (χ1v) is 9.25. The third-order valence-electron chi connectivity index (χ3n) is 5.09. The van der Waals surface area contributed by atoms with Crippen molar-refractivity contribution < 1.29 is 4.74 Å². The lowest BCUT2D eigenvalue weighted by atomic mass is 10.1. The molecule has 1 aliphatic rings. The van der Waals surface area contributed by atoms with Crippen molar-refractivity contribution in [3.63, 3.8) is 0 Å². The molecule has 3 heterocycles. The predicted molar refractivity (Wildman–Crippen MR) is 104 cm³/mol. The van der Waals surface area contributed by atoms with Gasteiger partial charge in [0.05, 0.1) is 24.4 Å². The first-order valence-electron chi connectivity index (χ1n) is 9.25. The van der Waals surface area contributed by atoms with Gasteiger partial charge in [-0.3, -0.25) is 9.69 Å². The summed E-state index contributed by atoms with van der Waals surface area (Å²) in [6, 6.07) is 12.5. The highest BCUT2D eigenvalue weighted by Gasteiger charge is 2.14. The third kappa shape index (κ3) is 3.20. The topological polar surface area (TPSA) is 39.4 Å². The van der Waals surface area contributed by atoms with E-state index < -0.39 is 0 Å². The first-order chi connectivity index (χ1) is 12.6. The Kier molecular flexibility index (Phi) is 4.66. The zero-order valence-corrected chi connectivity index (χ0v) is 15.4. The van der Waals surface area contributed by atoms with Gasteiger partial charge < -0.3 is 13.9 Å². The summed E-state index contributed by atoms with van der Waals surface area (Å²) < 4.78 is 9.30. The van der Waals surface area contributed by atoms with Crippen LogP contribution in [0.3, 0.4) is 0 Å². The van der Waals surface area contributed by atoms with Crippen LogP contribution in [0.15, 0.2) is 53.6 Å². The smallest absolute Gasteiger partial charge is 0.252 e. The Morgan fingerprint density at radius 3 is 2.62 bits per heavy atom. The zero-order valence-electron chi connectivity index (χ0n) is 15.4. The monoisotopic (exact) mass is 351 g/mol. The van der Waals surface area contributed by atoms with Gasteiger partial charge in [0.2, 0.25) is 0 Å². The highest BCUT2D eigenvalue weighted by molar-refractivity contribution is 5.85. The van der Waals surface area contributed by atoms with Crippen LogP contribution in [-0.4, -0.2) is 40.3 Å². The van der Waals surface area contributed by atoms with Crippen LogP contribution < -0.4 is 5.56 Å². The molecule has 0 atom stereocenters. The molecule has 2 aromatic heterocycles. The summed E-state index contributed by atoms with van der Waals surface area (Å²) in [5.74, 6) is 0. The van der Waals surface area contributed by atoms with Gasteiger partial charge in [0.15, 0.2) is 0 Å². The molecule has 1 saturated heterocycles. The molecular formula is C21H25N3O2. The van der Waals surface area contributed by atoms with Crippen LogP contribution in [0.4, 0.5) is 0 Å². The Hall–Kier alpha value is -2.37. The maximum Gasteiger partial charge on any atom is 0.252 e. The van der Waals surface area contributed by atoms with E-state index in [0.717, 1.165) is 44.1 Å². The van der Waals surface area contributed by atoms with Crippen molar-refractivity contribution in [3.8, 4) is 5.69 Å². The summed E-state index contributed by atoms with van der Waals surface area (Å²) >= 11 is 0. The van der Waals surface area contributed by atoms with E-state index in [0.29, 0.717) is 0 Å². The molecule has 0 N–H and O–H groups in total. The highest BCUT2D eigenvalue weighted by Crippen LogP contribution is 2.24. The summed E-state index contributed by atoms with van der Waals surface area (Å²) in [5, 5.41) is 1.24. The number of aromatic nitrogens is 2. The lowest BCUT2D eigenvalue weighted by molar-refractivity contribution is 0.0344. The van der Waals surface area contributed by atoms with E-state index in [1.165, 1.54) is 10.9 Å². The lowest BCUT2D eigenvalue weighted by Gasteiger charge is -2.26. The molecular weight excluding hydrogens is 326 g/mol. The van der Waals surface area contributed by atoms with E-state index in [1.807, 2.05) is 26.1 Å². The van der Waals surface area contributed by atoms with Crippen LogP contribution >= 0.6 is 0 Å². The maximum atomic E-state index is 12.4. The molecule has 0 bridgehead atoms. The minimum atomic E-state index is 0.0313. The van der Waals surface area contributed by atoms with Gasteiger partial charge in [0.25, 0.3) is 5.56 Å². The summed E-state index contributed by atoms with van der Waals surface area (Å²) in [6.07, 6.45) is 3.94. The zero-order chi connectivity index (χ0) is 18.1. The van der Waals surface area contributed by atoms with Crippen molar-refractivity contribution in [2.24, 2.45) is 0 Å². The molecule has 0 aliphatic carbocycles. The number of hydrogen-bond acceptors (Lipinski definition) is 3. The molecule has 0 spiro atoms. The van der Waals surface area contributed by atoms with Crippen LogP contribution in [0.2, 0.25) is 0 Å². The van der Waals surface area contributed by atoms with Crippen molar-refractivity contribution in [2.75, 3.05) is 26.3 Å². The second-order valence-corrected chi connectivity index (χ2v) is 7.15. The number of benzene rings is 1. The van der Waals surface area contributed by atoms with Crippen LogP contribution in [-0.2, 0) is 11.3 Å². The third-order valence-corrected chi connectivity index (χ3v) is 5.09. The van der Waals surface area contributed by atoms with Crippen molar-refractivity contribution in [1.82, 2.24) is 14.0 Å². The molecule has 1 fully saturated rings. The van der Waals surface area contributed by atoms with Gasteiger partial charge in [0, 0.05) is 49.5 Å². The average molecular weight is 351 g/mol. The van der Waals surface area contributed by atoms with Crippen LogP contribution in [0, 0.1) is 0 Å². The summed E-state index contributed by atoms with van der Waals surface area (Å²) in [5.41, 5.74) is 3.39. The normalized spacial score (nSPS) is 15.8. The van der Waals surface area contributed by atoms with Crippen LogP contribution in [0.25, 0.3) is 16.6 Å². The second-order valence-electron chi connectivity index (χ2n) is 7.15. The average Bonchev–Trinajstić information content (AvgIpc) is 3.07. The van der Waals surface area contributed by atoms with E-state index in [2.05, 4.69) is 39.9 Å². The summed E-state index contributed by atoms with van der Waals surface area (Å²) in [4.78, 5) is 14.8. The minimum Gasteiger partial charge on any atom is -0.379 e. The number of pyridine rings is 1. The van der Waals surface area contributed by atoms with Gasteiger partial charge >= 0.3 is 0 Å². The van der Waals surface area contributed by atoms with Crippen molar-refractivity contribution in [1.29, 1.82) is 0 Å². The van der Waals surface area contributed by atoms with E-state index in [1.54, 1.807) is 10.6 Å². The van der Waals surface area contributed by atoms with Gasteiger partial charge in [-0.1, -0.05) is 12.1 Å². The largest absolute Gasteiger partial charge is 0.379 e. The molecule has 4 rings (SSSR count). The van der Waals surface area contributed by atoms with Gasteiger partial charge in [-0.25, -0.2) is 0 Å². The van der Waals surface area contributed by atoms with E-state index in [9.17, 15) is 4.79 Å². The van der Waals surface area contributed by atoms with Crippen molar-refractivity contribution in [2.45, 2.75) is 26.4 Å². The van der Waals surface area contributed by atoms with E-state index in [-0.39, 0.29) is 11.6 Å². The van der Waals surface area contributed by atoms with Crippen molar-refractivity contribution >= 4 is 10.9 Å². The molecule has 1 aromatic carbocycles. The Morgan fingerprint density at radius 1 is 1.08 bits per heavy atom. The summed E-state index contributed by atoms with van der Waals surface area (Å²) in [6.45, 7) is 8.54. The first kappa shape index (κ1) is 17.1. The lowest BCUT2D eigenvalue weighted by Crippen LogP contribution is -2.35. The maximum absolute atomic E-state index is 12.4. The Morgan fingerprint density at radius 2 is 1.88 bits per heavy atom. The van der Waals surface area contributed by atoms with Crippen molar-refractivity contribution in [3.05, 3.63) is 64.7 Å². The molecule has 26 heavy (non-hydrogen) atoms. The fourth-order valence-corrected chi connectivity index (χ4v) is 3.65. The molecule has 0 unspecified atom stereocenters. The van der Waals surface area contributed by atoms with Crippen LogP contribution in [0.5, 0.6) is 0 Å². The number of hydrogen-bond donors (Lipinski definition) is 0. The van der Waals surface area contributed by atoms with E-state index >= 15 is 0 Å². The van der Waals surface area contributed by atoms with Gasteiger partial charge in [-0.05, 0) is 37.6 Å². The molecule has 1 aliphatic heterocycles. The van der Waals surface area contributed by atoms with Gasteiger partial charge in [0.1, 0.15) is 0 Å². The molecule has 0 amide bonds.